The van der Waals surface area contributed by atoms with Gasteiger partial charge < -0.3 is 0 Å². The predicted octanol–water partition coefficient (Wildman–Crippen LogP) is 5.36. The van der Waals surface area contributed by atoms with Gasteiger partial charge in [0.05, 0.1) is 6.61 Å². The van der Waals surface area contributed by atoms with Crippen molar-refractivity contribution in [1.82, 2.24) is 0 Å². The fraction of sp³-hybridized carbons (Fsp3) is 0.538. The van der Waals surface area contributed by atoms with Gasteiger partial charge >= 0.3 is 24.2 Å². The minimum atomic E-state index is -6.20. The Balaban J connectivity index is 3.68. The Bertz CT molecular complexity index is 529. The lowest BCUT2D eigenvalue weighted by molar-refractivity contribution is -0.292. The lowest BCUT2D eigenvalue weighted by Gasteiger charge is -2.27. The van der Waals surface area contributed by atoms with Gasteiger partial charge in [-0.25, -0.2) is 5.11 Å². The van der Waals surface area contributed by atoms with Gasteiger partial charge in [0.2, 0.25) is 0 Å². The van der Waals surface area contributed by atoms with Crippen LogP contribution in [0.1, 0.15) is 23.1 Å². The molecule has 1 radical (unpaired) electrons. The quantitative estimate of drug-likeness (QED) is 0.622. The van der Waals surface area contributed by atoms with Crippen molar-refractivity contribution in [3.8, 4) is 0 Å². The standard InChI is InChI=1S/C13H9F10O/c14-10(15,12(18,19)20)8-4-1-5-9(7(8)3-2-6-24)11(16,17)13(21,22)23/h1,4-5H,2-3,6H2. The first-order chi connectivity index (χ1) is 10.7. The third kappa shape index (κ3) is 3.60. The number of rotatable bonds is 5. The maximum atomic E-state index is 13.5. The van der Waals surface area contributed by atoms with Crippen molar-refractivity contribution in [3.05, 3.63) is 34.9 Å². The van der Waals surface area contributed by atoms with Gasteiger partial charge in [-0.05, 0) is 18.4 Å². The maximum absolute atomic E-state index is 13.5. The Morgan fingerprint density at radius 1 is 0.708 bits per heavy atom. The maximum Gasteiger partial charge on any atom is 0.458 e. The van der Waals surface area contributed by atoms with Crippen LogP contribution in [0.2, 0.25) is 0 Å². The molecule has 24 heavy (non-hydrogen) atoms. The molecule has 0 saturated heterocycles. The Kier molecular flexibility index (Phi) is 5.48. The number of hydrogen-bond donors (Lipinski definition) is 0. The molecule has 11 heteroatoms. The number of benzene rings is 1. The Hall–Kier alpha value is -1.52. The number of halogens is 10. The lowest BCUT2D eigenvalue weighted by Crippen LogP contribution is -2.38. The highest BCUT2D eigenvalue weighted by Gasteiger charge is 2.63. The molecule has 1 rings (SSSR count). The van der Waals surface area contributed by atoms with E-state index in [0.717, 1.165) is 0 Å². The van der Waals surface area contributed by atoms with E-state index < -0.39 is 60.3 Å². The molecular formula is C13H9F10O. The van der Waals surface area contributed by atoms with Crippen LogP contribution in [0.25, 0.3) is 0 Å². The van der Waals surface area contributed by atoms with Gasteiger partial charge in [-0.1, -0.05) is 18.2 Å². The highest BCUT2D eigenvalue weighted by molar-refractivity contribution is 5.42. The van der Waals surface area contributed by atoms with Gasteiger partial charge in [-0.2, -0.15) is 43.9 Å². The van der Waals surface area contributed by atoms with E-state index in [1.165, 1.54) is 0 Å². The van der Waals surface area contributed by atoms with E-state index in [2.05, 4.69) is 0 Å². The minimum absolute atomic E-state index is 0.115. The molecule has 0 fully saturated rings. The summed E-state index contributed by atoms with van der Waals surface area (Å²) in [6.07, 6.45) is -14.2. The molecule has 0 N–H and O–H groups in total. The Labute approximate surface area is 128 Å². The van der Waals surface area contributed by atoms with Crippen molar-refractivity contribution < 1.29 is 49.0 Å². The lowest BCUT2D eigenvalue weighted by atomic mass is 9.90. The summed E-state index contributed by atoms with van der Waals surface area (Å²) in [7, 11) is 0. The van der Waals surface area contributed by atoms with Crippen molar-refractivity contribution in [2.75, 3.05) is 6.61 Å². The van der Waals surface area contributed by atoms with Crippen LogP contribution < -0.4 is 0 Å². The van der Waals surface area contributed by atoms with E-state index in [4.69, 9.17) is 0 Å². The molecule has 0 spiro atoms. The van der Waals surface area contributed by atoms with E-state index in [-0.39, 0.29) is 18.2 Å². The SMILES string of the molecule is [O]CCCc1c(C(F)(F)C(F)(F)F)cccc1C(F)(F)C(F)(F)F. The molecule has 1 aromatic carbocycles. The molecule has 0 aliphatic heterocycles. The van der Waals surface area contributed by atoms with Crippen LogP contribution in [-0.2, 0) is 23.4 Å². The minimum Gasteiger partial charge on any atom is -0.237 e. The first kappa shape index (κ1) is 20.5. The summed E-state index contributed by atoms with van der Waals surface area (Å²) in [5.41, 5.74) is -5.58. The van der Waals surface area contributed by atoms with Crippen LogP contribution in [-0.4, -0.2) is 19.0 Å². The Morgan fingerprint density at radius 3 is 1.38 bits per heavy atom. The van der Waals surface area contributed by atoms with E-state index in [1.807, 2.05) is 0 Å². The van der Waals surface area contributed by atoms with E-state index >= 15 is 0 Å². The van der Waals surface area contributed by atoms with Gasteiger partial charge in [-0.15, -0.1) is 0 Å². The van der Waals surface area contributed by atoms with Crippen molar-refractivity contribution in [3.63, 3.8) is 0 Å². The summed E-state index contributed by atoms with van der Waals surface area (Å²) >= 11 is 0. The average Bonchev–Trinajstić information content (AvgIpc) is 2.42. The normalized spacial score (nSPS) is 14.1. The highest BCUT2D eigenvalue weighted by Crippen LogP contribution is 2.50. The molecular weight excluding hydrogens is 362 g/mol. The summed E-state index contributed by atoms with van der Waals surface area (Å²) in [4.78, 5) is 0. The first-order valence-electron chi connectivity index (χ1n) is 6.28. The third-order valence-electron chi connectivity index (χ3n) is 3.14. The van der Waals surface area contributed by atoms with Crippen LogP contribution in [0.4, 0.5) is 43.9 Å². The van der Waals surface area contributed by atoms with Crippen molar-refractivity contribution in [2.45, 2.75) is 37.0 Å². The van der Waals surface area contributed by atoms with Gasteiger partial charge in [0.1, 0.15) is 0 Å². The summed E-state index contributed by atoms with van der Waals surface area (Å²) in [5, 5.41) is 10.4. The number of alkyl halides is 10. The van der Waals surface area contributed by atoms with Crippen molar-refractivity contribution in [1.29, 1.82) is 0 Å². The van der Waals surface area contributed by atoms with E-state index in [9.17, 15) is 49.0 Å². The zero-order chi connectivity index (χ0) is 19.0. The Morgan fingerprint density at radius 2 is 1.08 bits per heavy atom. The molecule has 0 saturated carbocycles. The van der Waals surface area contributed by atoms with Crippen LogP contribution in [0.15, 0.2) is 18.2 Å². The molecule has 0 amide bonds. The second kappa shape index (κ2) is 6.41. The van der Waals surface area contributed by atoms with Gasteiger partial charge in [0, 0.05) is 11.1 Å². The average molecular weight is 371 g/mol. The topological polar surface area (TPSA) is 19.9 Å². The van der Waals surface area contributed by atoms with Crippen LogP contribution >= 0.6 is 0 Å². The summed E-state index contributed by atoms with van der Waals surface area (Å²) in [6, 6.07) is 0.484. The molecule has 0 bridgehead atoms. The largest absolute Gasteiger partial charge is 0.458 e. The molecule has 137 valence electrons. The fourth-order valence-corrected chi connectivity index (χ4v) is 2.00. The number of hydrogen-bond acceptors (Lipinski definition) is 0. The molecule has 0 atom stereocenters. The second-order valence-electron chi connectivity index (χ2n) is 4.78. The molecule has 0 aliphatic rings. The molecule has 0 aromatic heterocycles. The van der Waals surface area contributed by atoms with E-state index in [1.54, 1.807) is 0 Å². The summed E-state index contributed by atoms with van der Waals surface area (Å²) in [5.74, 6) is -11.3. The van der Waals surface area contributed by atoms with Crippen LogP contribution in [0.5, 0.6) is 0 Å². The van der Waals surface area contributed by atoms with Gasteiger partial charge in [0.15, 0.2) is 0 Å². The molecule has 0 heterocycles. The predicted molar refractivity (Wildman–Crippen MR) is 60.2 cm³/mol. The van der Waals surface area contributed by atoms with Gasteiger partial charge in [-0.3, -0.25) is 0 Å². The zero-order valence-corrected chi connectivity index (χ0v) is 11.5. The molecule has 0 aliphatic carbocycles. The smallest absolute Gasteiger partial charge is 0.237 e. The molecule has 0 unspecified atom stereocenters. The van der Waals surface area contributed by atoms with E-state index in [0.29, 0.717) is 0 Å². The van der Waals surface area contributed by atoms with Crippen LogP contribution in [0, 0.1) is 0 Å². The second-order valence-corrected chi connectivity index (χ2v) is 4.78. The monoisotopic (exact) mass is 371 g/mol. The van der Waals surface area contributed by atoms with Crippen molar-refractivity contribution in [2.24, 2.45) is 0 Å². The highest BCUT2D eigenvalue weighted by atomic mass is 19.4. The zero-order valence-electron chi connectivity index (χ0n) is 11.5. The summed E-state index contributed by atoms with van der Waals surface area (Å²) in [6.45, 7) is -1.05. The first-order valence-corrected chi connectivity index (χ1v) is 6.28. The van der Waals surface area contributed by atoms with Gasteiger partial charge in [0.25, 0.3) is 0 Å². The third-order valence-corrected chi connectivity index (χ3v) is 3.14. The van der Waals surface area contributed by atoms with Crippen molar-refractivity contribution >= 4 is 0 Å². The van der Waals surface area contributed by atoms with Crippen LogP contribution in [0.3, 0.4) is 0 Å². The molecule has 1 nitrogen and oxygen atoms in total. The summed E-state index contributed by atoms with van der Waals surface area (Å²) < 4.78 is 129. The fourth-order valence-electron chi connectivity index (χ4n) is 2.00. The molecule has 1 aromatic rings.